The van der Waals surface area contributed by atoms with Crippen LogP contribution < -0.4 is 4.74 Å². The van der Waals surface area contributed by atoms with Gasteiger partial charge in [-0.2, -0.15) is 0 Å². The van der Waals surface area contributed by atoms with Crippen molar-refractivity contribution in [1.29, 1.82) is 0 Å². The van der Waals surface area contributed by atoms with Crippen LogP contribution in [0.4, 0.5) is 8.78 Å². The summed E-state index contributed by atoms with van der Waals surface area (Å²) in [5.41, 5.74) is 2.08. The third-order valence-corrected chi connectivity index (χ3v) is 5.83. The maximum absolute atomic E-state index is 12.9. The van der Waals surface area contributed by atoms with Crippen LogP contribution in [0.5, 0.6) is 5.75 Å². The van der Waals surface area contributed by atoms with Gasteiger partial charge < -0.3 is 13.9 Å². The molecule has 0 radical (unpaired) electrons. The van der Waals surface area contributed by atoms with Gasteiger partial charge in [-0.15, -0.1) is 0 Å². The van der Waals surface area contributed by atoms with Crippen molar-refractivity contribution >= 4 is 11.4 Å². The molecule has 3 atom stereocenters. The number of rotatable bonds is 7. The summed E-state index contributed by atoms with van der Waals surface area (Å²) >= 11 is 0. The van der Waals surface area contributed by atoms with Gasteiger partial charge in [0.15, 0.2) is 17.2 Å². The number of fused-ring (bicyclic) bond motifs is 2. The number of alkyl halides is 2. The van der Waals surface area contributed by atoms with Gasteiger partial charge in [-0.05, 0) is 42.5 Å². The molecule has 0 amide bonds. The first kappa shape index (κ1) is 19.1. The van der Waals surface area contributed by atoms with E-state index in [4.69, 9.17) is 14.5 Å². The minimum absolute atomic E-state index is 0.0305. The van der Waals surface area contributed by atoms with Gasteiger partial charge in [0, 0.05) is 24.7 Å². The highest BCUT2D eigenvalue weighted by Gasteiger charge is 2.55. The normalized spacial score (nSPS) is 22.5. The van der Waals surface area contributed by atoms with E-state index < -0.39 is 12.1 Å². The highest BCUT2D eigenvalue weighted by Crippen LogP contribution is 2.57. The maximum Gasteiger partial charge on any atom is 0.280 e. The summed E-state index contributed by atoms with van der Waals surface area (Å²) in [6.45, 7) is 3.92. The Balaban J connectivity index is 1.44. The molecule has 0 N–H and O–H groups in total. The lowest BCUT2D eigenvalue weighted by Crippen LogP contribution is -2.09. The molecule has 1 saturated heterocycles. The Bertz CT molecular complexity index is 1100. The number of halogens is 2. The first-order valence-electron chi connectivity index (χ1n) is 10.1. The molecule has 6 nitrogen and oxygen atoms in total. The van der Waals surface area contributed by atoms with Crippen LogP contribution in [0, 0.1) is 11.8 Å². The van der Waals surface area contributed by atoms with E-state index in [-0.39, 0.29) is 17.9 Å². The fourth-order valence-corrected chi connectivity index (χ4v) is 4.34. The topological polar surface area (TPSA) is 65.7 Å². The van der Waals surface area contributed by atoms with Crippen molar-refractivity contribution < 1.29 is 23.0 Å². The quantitative estimate of drug-likeness (QED) is 0.551. The average Bonchev–Trinajstić information content (AvgIpc) is 3.07. The lowest BCUT2D eigenvalue weighted by Gasteiger charge is -2.09. The van der Waals surface area contributed by atoms with Crippen LogP contribution in [0.25, 0.3) is 5.65 Å². The molecule has 2 aliphatic rings. The zero-order valence-electron chi connectivity index (χ0n) is 16.4. The molecule has 1 aliphatic carbocycles. The Morgan fingerprint density at radius 2 is 2.07 bits per heavy atom. The molecule has 0 spiro atoms. The second kappa shape index (κ2) is 7.43. The fourth-order valence-electron chi connectivity index (χ4n) is 4.34. The highest BCUT2D eigenvalue weighted by atomic mass is 19.3. The number of ketones is 1. The molecule has 0 bridgehead atoms. The number of pyridine rings is 2. The molecular weight excluding hydrogens is 392 g/mol. The number of carbonyl (C=O) groups is 1. The molecule has 3 aromatic heterocycles. The number of aromatic nitrogens is 3. The van der Waals surface area contributed by atoms with Crippen molar-refractivity contribution in [1.82, 2.24) is 14.4 Å². The van der Waals surface area contributed by atoms with E-state index in [1.165, 1.54) is 18.2 Å². The number of nitrogens with zero attached hydrogens (tertiary/aromatic N) is 3. The van der Waals surface area contributed by atoms with Gasteiger partial charge in [-0.25, -0.2) is 18.7 Å². The predicted octanol–water partition coefficient (Wildman–Crippen LogP) is 3.85. The Kier molecular flexibility index (Phi) is 4.73. The van der Waals surface area contributed by atoms with Crippen molar-refractivity contribution in [3.63, 3.8) is 0 Å². The van der Waals surface area contributed by atoms with Crippen molar-refractivity contribution in [2.45, 2.75) is 25.7 Å². The molecule has 5 rings (SSSR count). The number of ether oxygens (including phenoxy) is 2. The average molecular weight is 413 g/mol. The van der Waals surface area contributed by atoms with E-state index in [9.17, 15) is 13.6 Å². The van der Waals surface area contributed by atoms with Gasteiger partial charge >= 0.3 is 0 Å². The summed E-state index contributed by atoms with van der Waals surface area (Å²) in [5.74, 6) is 1.78. The van der Waals surface area contributed by atoms with Crippen molar-refractivity contribution in [3.05, 3.63) is 59.3 Å². The lowest BCUT2D eigenvalue weighted by atomic mass is 10.1. The molecule has 0 aromatic carbocycles. The van der Waals surface area contributed by atoms with E-state index in [2.05, 4.69) is 4.98 Å². The number of hydrogen-bond acceptors (Lipinski definition) is 5. The van der Waals surface area contributed by atoms with E-state index in [1.807, 2.05) is 23.7 Å². The Morgan fingerprint density at radius 1 is 1.27 bits per heavy atom. The summed E-state index contributed by atoms with van der Waals surface area (Å²) in [4.78, 5) is 21.2. The highest BCUT2D eigenvalue weighted by molar-refractivity contribution is 5.95. The zero-order chi connectivity index (χ0) is 20.8. The molecule has 1 saturated carbocycles. The van der Waals surface area contributed by atoms with Gasteiger partial charge in [0.2, 0.25) is 0 Å². The summed E-state index contributed by atoms with van der Waals surface area (Å²) in [7, 11) is 0. The number of carbonyl (C=O) groups excluding carboxylic acids is 1. The summed E-state index contributed by atoms with van der Waals surface area (Å²) in [6, 6.07) is 5.89. The van der Waals surface area contributed by atoms with Crippen LogP contribution in [0.15, 0.2) is 36.7 Å². The molecule has 2 unspecified atom stereocenters. The van der Waals surface area contributed by atoms with E-state index >= 15 is 0 Å². The number of imidazole rings is 1. The minimum atomic E-state index is -2.71. The maximum atomic E-state index is 12.9. The second-order valence-corrected chi connectivity index (χ2v) is 7.78. The molecule has 4 heterocycles. The Morgan fingerprint density at radius 3 is 2.80 bits per heavy atom. The first-order valence-corrected chi connectivity index (χ1v) is 10.1. The van der Waals surface area contributed by atoms with E-state index in [0.717, 1.165) is 18.9 Å². The van der Waals surface area contributed by atoms with Crippen LogP contribution >= 0.6 is 0 Å². The van der Waals surface area contributed by atoms with E-state index in [0.29, 0.717) is 41.3 Å². The third kappa shape index (κ3) is 3.35. The molecule has 156 valence electrons. The van der Waals surface area contributed by atoms with E-state index in [1.54, 1.807) is 6.07 Å². The number of hydrogen-bond donors (Lipinski definition) is 0. The predicted molar refractivity (Wildman–Crippen MR) is 104 cm³/mol. The van der Waals surface area contributed by atoms with Crippen molar-refractivity contribution in [2.24, 2.45) is 11.8 Å². The summed E-state index contributed by atoms with van der Waals surface area (Å²) in [5, 5.41) is 0. The summed E-state index contributed by atoms with van der Waals surface area (Å²) in [6.07, 6.45) is 1.16. The van der Waals surface area contributed by atoms with Gasteiger partial charge in [-0.1, -0.05) is 6.07 Å². The Labute approximate surface area is 171 Å². The number of Topliss-reactive ketones (excluding diaryl/α,β-unsaturated/α-hetero) is 1. The summed E-state index contributed by atoms with van der Waals surface area (Å²) < 4.78 is 38.9. The lowest BCUT2D eigenvalue weighted by molar-refractivity contribution is 0.0986. The SMILES string of the molecule is CCOc1cc(CC(=O)c2cccc(C(F)F)n2)cn2cc(C3C4COC[C@H]43)nc12. The first-order chi connectivity index (χ1) is 14.5. The standard InChI is InChI=1S/C22H21F2N3O3/c1-2-30-19-7-12(6-18(28)15-4-3-5-16(25-15)21(23)24)8-27-9-17(26-22(19)27)20-13-10-29-11-14(13)20/h3-5,7-9,13-14,20-21H,2,6,10-11H2,1H3/t13-,14?,20?/m1/s1. The molecular formula is C22H21F2N3O3. The third-order valence-electron chi connectivity index (χ3n) is 5.83. The minimum Gasteiger partial charge on any atom is -0.490 e. The Hall–Kier alpha value is -2.87. The smallest absolute Gasteiger partial charge is 0.280 e. The van der Waals surface area contributed by atoms with Gasteiger partial charge in [0.05, 0.1) is 25.5 Å². The zero-order valence-corrected chi connectivity index (χ0v) is 16.4. The van der Waals surface area contributed by atoms with Crippen molar-refractivity contribution in [3.8, 4) is 5.75 Å². The molecule has 2 fully saturated rings. The van der Waals surface area contributed by atoms with Crippen LogP contribution in [-0.4, -0.2) is 40.0 Å². The van der Waals surface area contributed by atoms with Gasteiger partial charge in [0.25, 0.3) is 6.43 Å². The molecule has 8 heteroatoms. The van der Waals surface area contributed by atoms with Crippen LogP contribution in [-0.2, 0) is 11.2 Å². The molecule has 30 heavy (non-hydrogen) atoms. The molecule has 3 aromatic rings. The van der Waals surface area contributed by atoms with Gasteiger partial charge in [0.1, 0.15) is 11.4 Å². The molecule has 1 aliphatic heterocycles. The van der Waals surface area contributed by atoms with Crippen LogP contribution in [0.1, 0.15) is 46.7 Å². The van der Waals surface area contributed by atoms with Crippen LogP contribution in [0.3, 0.4) is 0 Å². The van der Waals surface area contributed by atoms with Gasteiger partial charge in [-0.3, -0.25) is 4.79 Å². The second-order valence-electron chi connectivity index (χ2n) is 7.78. The largest absolute Gasteiger partial charge is 0.490 e. The monoisotopic (exact) mass is 413 g/mol. The fraction of sp³-hybridized carbons (Fsp3) is 0.409. The van der Waals surface area contributed by atoms with Crippen molar-refractivity contribution in [2.75, 3.05) is 19.8 Å². The van der Waals surface area contributed by atoms with Crippen LogP contribution in [0.2, 0.25) is 0 Å².